The number of carbonyl (C=O) groups is 2. The fraction of sp³-hybridized carbons (Fsp3) is 0.364. The van der Waals surface area contributed by atoms with E-state index in [1.807, 2.05) is 35.2 Å². The van der Waals surface area contributed by atoms with Crippen LogP contribution in [0.2, 0.25) is 0 Å². The maximum absolute atomic E-state index is 13.8. The van der Waals surface area contributed by atoms with Crippen molar-refractivity contribution in [3.8, 4) is 0 Å². The monoisotopic (exact) mass is 508 g/mol. The van der Waals surface area contributed by atoms with Crippen LogP contribution >= 0.6 is 22.6 Å². The smallest absolute Gasteiger partial charge is 0.250 e. The molecule has 0 spiro atoms. The lowest BCUT2D eigenvalue weighted by Gasteiger charge is -2.35. The van der Waals surface area contributed by atoms with Crippen LogP contribution in [0.5, 0.6) is 0 Å². The molecule has 1 aliphatic rings. The minimum absolute atomic E-state index is 0.0191. The van der Waals surface area contributed by atoms with E-state index >= 15 is 0 Å². The Morgan fingerprint density at radius 3 is 2.83 bits per heavy atom. The van der Waals surface area contributed by atoms with Gasteiger partial charge in [0.2, 0.25) is 5.91 Å². The summed E-state index contributed by atoms with van der Waals surface area (Å²) in [5, 5.41) is 0. The molecule has 6 nitrogen and oxygen atoms in total. The van der Waals surface area contributed by atoms with E-state index in [0.717, 1.165) is 22.0 Å². The summed E-state index contributed by atoms with van der Waals surface area (Å²) < 4.78 is 11.5. The predicted molar refractivity (Wildman–Crippen MR) is 118 cm³/mol. The molecule has 0 saturated carbocycles. The van der Waals surface area contributed by atoms with E-state index in [0.29, 0.717) is 12.3 Å². The van der Waals surface area contributed by atoms with Gasteiger partial charge in [-0.3, -0.25) is 9.59 Å². The summed E-state index contributed by atoms with van der Waals surface area (Å²) in [6.45, 7) is 4.61. The third-order valence-electron chi connectivity index (χ3n) is 5.09. The van der Waals surface area contributed by atoms with Crippen LogP contribution < -0.4 is 0 Å². The van der Waals surface area contributed by atoms with Crippen molar-refractivity contribution in [1.29, 1.82) is 0 Å². The molecular formula is C22H25IN2O4. The van der Waals surface area contributed by atoms with Gasteiger partial charge in [0, 0.05) is 23.3 Å². The summed E-state index contributed by atoms with van der Waals surface area (Å²) in [7, 11) is 1.47. The van der Waals surface area contributed by atoms with Gasteiger partial charge in [0.05, 0.1) is 12.8 Å². The van der Waals surface area contributed by atoms with Crippen LogP contribution in [0.15, 0.2) is 59.7 Å². The molecule has 2 aromatic rings. The number of rotatable bonds is 8. The molecule has 0 radical (unpaired) electrons. The van der Waals surface area contributed by atoms with Crippen LogP contribution in [0.25, 0.3) is 0 Å². The van der Waals surface area contributed by atoms with Gasteiger partial charge < -0.3 is 19.0 Å². The van der Waals surface area contributed by atoms with Gasteiger partial charge in [-0.15, -0.1) is 6.58 Å². The molecule has 0 N–H and O–H groups in total. The summed E-state index contributed by atoms with van der Waals surface area (Å²) in [6.07, 6.45) is 5.18. The summed E-state index contributed by atoms with van der Waals surface area (Å²) in [5.41, 5.74) is 0.795. The Labute approximate surface area is 184 Å². The van der Waals surface area contributed by atoms with E-state index in [4.69, 9.17) is 9.15 Å². The predicted octanol–water partition coefficient (Wildman–Crippen LogP) is 3.78. The number of methoxy groups -OCH3 is 1. The van der Waals surface area contributed by atoms with E-state index < -0.39 is 6.04 Å². The molecule has 1 aromatic heterocycles. The molecule has 2 unspecified atom stereocenters. The SMILES string of the molecule is C=CC1CCCN1C(=O)C(c1ccccc1I)N(Cc1ccco1)C(=O)COC. The standard InChI is InChI=1S/C22H25IN2O4/c1-3-16-8-6-12-24(16)22(27)21(18-10-4-5-11-19(18)23)25(20(26)15-28-2)14-17-9-7-13-29-17/h3-5,7,9-11,13,16,21H,1,6,8,12,14-15H2,2H3. The highest BCUT2D eigenvalue weighted by Crippen LogP contribution is 2.32. The number of halogens is 1. The zero-order valence-corrected chi connectivity index (χ0v) is 18.6. The molecule has 1 fully saturated rings. The molecular weight excluding hydrogens is 483 g/mol. The lowest BCUT2D eigenvalue weighted by Crippen LogP contribution is -2.47. The summed E-state index contributed by atoms with van der Waals surface area (Å²) >= 11 is 2.21. The Hall–Kier alpha value is -2.13. The Balaban J connectivity index is 2.05. The zero-order chi connectivity index (χ0) is 20.8. The van der Waals surface area contributed by atoms with E-state index in [9.17, 15) is 9.59 Å². The fourth-order valence-corrected chi connectivity index (χ4v) is 4.38. The lowest BCUT2D eigenvalue weighted by molar-refractivity contribution is -0.149. The van der Waals surface area contributed by atoms with Gasteiger partial charge in [-0.1, -0.05) is 24.3 Å². The molecule has 1 aliphatic heterocycles. The first-order valence-corrected chi connectivity index (χ1v) is 10.6. The second-order valence-electron chi connectivity index (χ2n) is 6.93. The third-order valence-corrected chi connectivity index (χ3v) is 6.08. The highest BCUT2D eigenvalue weighted by molar-refractivity contribution is 14.1. The lowest BCUT2D eigenvalue weighted by atomic mass is 10.0. The third kappa shape index (κ3) is 4.90. The molecule has 0 bridgehead atoms. The van der Waals surface area contributed by atoms with Gasteiger partial charge >= 0.3 is 0 Å². The first-order valence-electron chi connectivity index (χ1n) is 9.55. The first kappa shape index (κ1) is 21.6. The van der Waals surface area contributed by atoms with Crippen LogP contribution in [-0.2, 0) is 20.9 Å². The Bertz CT molecular complexity index is 852. The molecule has 3 rings (SSSR count). The average molecular weight is 508 g/mol. The maximum Gasteiger partial charge on any atom is 0.250 e. The molecule has 2 amide bonds. The average Bonchev–Trinajstić information content (AvgIpc) is 3.40. The number of amides is 2. The van der Waals surface area contributed by atoms with Gasteiger partial charge in [0.15, 0.2) is 0 Å². The Morgan fingerprint density at radius 2 is 2.17 bits per heavy atom. The number of nitrogens with zero attached hydrogens (tertiary/aromatic N) is 2. The van der Waals surface area contributed by atoms with Gasteiger partial charge in [-0.25, -0.2) is 0 Å². The highest BCUT2D eigenvalue weighted by Gasteiger charge is 2.39. The van der Waals surface area contributed by atoms with Crippen molar-refractivity contribution in [2.75, 3.05) is 20.3 Å². The van der Waals surface area contributed by atoms with Gasteiger partial charge in [0.1, 0.15) is 18.4 Å². The number of likely N-dealkylation sites (tertiary alicyclic amines) is 1. The van der Waals surface area contributed by atoms with Gasteiger partial charge in [0.25, 0.3) is 5.91 Å². The largest absolute Gasteiger partial charge is 0.467 e. The molecule has 0 aliphatic carbocycles. The van der Waals surface area contributed by atoms with Crippen molar-refractivity contribution in [3.05, 3.63) is 70.2 Å². The molecule has 7 heteroatoms. The van der Waals surface area contributed by atoms with Crippen molar-refractivity contribution in [1.82, 2.24) is 9.80 Å². The van der Waals surface area contributed by atoms with Crippen molar-refractivity contribution < 1.29 is 18.7 Å². The zero-order valence-electron chi connectivity index (χ0n) is 16.4. The number of hydrogen-bond acceptors (Lipinski definition) is 4. The highest BCUT2D eigenvalue weighted by atomic mass is 127. The Morgan fingerprint density at radius 1 is 1.38 bits per heavy atom. The molecule has 1 aromatic carbocycles. The van der Waals surface area contributed by atoms with E-state index in [-0.39, 0.29) is 31.0 Å². The van der Waals surface area contributed by atoms with Crippen LogP contribution in [-0.4, -0.2) is 47.9 Å². The maximum atomic E-state index is 13.8. The van der Waals surface area contributed by atoms with Crippen molar-refractivity contribution in [2.24, 2.45) is 0 Å². The number of ether oxygens (including phenoxy) is 1. The minimum Gasteiger partial charge on any atom is -0.467 e. The summed E-state index contributed by atoms with van der Waals surface area (Å²) in [4.78, 5) is 30.2. The number of carbonyl (C=O) groups excluding carboxylic acids is 2. The fourth-order valence-electron chi connectivity index (χ4n) is 3.70. The van der Waals surface area contributed by atoms with Gasteiger partial charge in [-0.05, 0) is 59.2 Å². The normalized spacial score (nSPS) is 17.2. The summed E-state index contributed by atoms with van der Waals surface area (Å²) in [6, 6.07) is 10.4. The molecule has 2 heterocycles. The number of hydrogen-bond donors (Lipinski definition) is 0. The van der Waals surface area contributed by atoms with Crippen molar-refractivity contribution in [2.45, 2.75) is 31.5 Å². The van der Waals surface area contributed by atoms with Crippen LogP contribution in [0.1, 0.15) is 30.2 Å². The Kier molecular flexibility index (Phi) is 7.49. The second kappa shape index (κ2) is 10.1. The molecule has 154 valence electrons. The van der Waals surface area contributed by atoms with E-state index in [2.05, 4.69) is 29.2 Å². The number of furan rings is 1. The van der Waals surface area contributed by atoms with Crippen molar-refractivity contribution in [3.63, 3.8) is 0 Å². The number of benzene rings is 1. The second-order valence-corrected chi connectivity index (χ2v) is 8.10. The van der Waals surface area contributed by atoms with Crippen molar-refractivity contribution >= 4 is 34.4 Å². The topological polar surface area (TPSA) is 63.0 Å². The summed E-state index contributed by atoms with van der Waals surface area (Å²) in [5.74, 6) is 0.240. The van der Waals surface area contributed by atoms with E-state index in [1.165, 1.54) is 7.11 Å². The van der Waals surface area contributed by atoms with Crippen LogP contribution in [0, 0.1) is 3.57 Å². The quantitative estimate of drug-likeness (QED) is 0.403. The van der Waals surface area contributed by atoms with Gasteiger partial charge in [-0.2, -0.15) is 0 Å². The molecule has 1 saturated heterocycles. The van der Waals surface area contributed by atoms with Crippen LogP contribution in [0.4, 0.5) is 0 Å². The minimum atomic E-state index is -0.767. The molecule has 29 heavy (non-hydrogen) atoms. The molecule has 2 atom stereocenters. The van der Waals surface area contributed by atoms with Crippen LogP contribution in [0.3, 0.4) is 0 Å². The van der Waals surface area contributed by atoms with E-state index in [1.54, 1.807) is 23.3 Å². The first-order chi connectivity index (χ1) is 14.1.